The molecule has 0 unspecified atom stereocenters. The first-order chi connectivity index (χ1) is 11.5. The summed E-state index contributed by atoms with van der Waals surface area (Å²) in [4.78, 5) is 11.3. The number of carbonyl (C=O) groups excluding carboxylic acids is 1. The van der Waals surface area contributed by atoms with Crippen molar-refractivity contribution >= 4 is 15.8 Å². The van der Waals surface area contributed by atoms with E-state index in [1.807, 2.05) is 0 Å². The van der Waals surface area contributed by atoms with Gasteiger partial charge in [-0.3, -0.25) is 0 Å². The lowest BCUT2D eigenvalue weighted by Crippen LogP contribution is -2.08. The summed E-state index contributed by atoms with van der Waals surface area (Å²) < 4.78 is 30.3. The zero-order chi connectivity index (χ0) is 17.7. The Balaban J connectivity index is 2.52. The molecule has 0 atom stereocenters. The number of rotatable bonds is 4. The van der Waals surface area contributed by atoms with Crippen molar-refractivity contribution < 1.29 is 17.9 Å². The third kappa shape index (κ3) is 3.12. The lowest BCUT2D eigenvalue weighted by molar-refractivity contribution is 0.0526. The molecule has 6 nitrogen and oxygen atoms in total. The summed E-state index contributed by atoms with van der Waals surface area (Å²) >= 11 is 0. The number of carbonyl (C=O) groups is 1. The average Bonchev–Trinajstić information content (AvgIpc) is 2.61. The Morgan fingerprint density at radius 1 is 1.08 bits per heavy atom. The fourth-order valence-electron chi connectivity index (χ4n) is 2.08. The number of benzene rings is 2. The molecule has 0 amide bonds. The molecule has 0 spiro atoms. The molecule has 0 aliphatic rings. The van der Waals surface area contributed by atoms with Gasteiger partial charge >= 0.3 is 5.97 Å². The summed E-state index contributed by atoms with van der Waals surface area (Å²) in [7, 11) is -3.99. The van der Waals surface area contributed by atoms with E-state index in [0.29, 0.717) is 0 Å². The van der Waals surface area contributed by atoms with Crippen LogP contribution in [0.1, 0.15) is 28.4 Å². The quantitative estimate of drug-likeness (QED) is 0.791. The van der Waals surface area contributed by atoms with Crippen LogP contribution in [0.5, 0.6) is 0 Å². The highest BCUT2D eigenvalue weighted by molar-refractivity contribution is 7.91. The average molecular weight is 340 g/mol. The van der Waals surface area contributed by atoms with Gasteiger partial charge in [-0.25, -0.2) is 13.2 Å². The molecule has 120 valence electrons. The molecule has 0 heterocycles. The first kappa shape index (κ1) is 17.2. The molecule has 2 aromatic carbocycles. The van der Waals surface area contributed by atoms with Crippen LogP contribution in [0.15, 0.2) is 52.3 Å². The normalized spacial score (nSPS) is 10.5. The highest BCUT2D eigenvalue weighted by atomic mass is 32.2. The fourth-order valence-corrected chi connectivity index (χ4v) is 3.51. The van der Waals surface area contributed by atoms with Gasteiger partial charge in [0.1, 0.15) is 12.1 Å². The van der Waals surface area contributed by atoms with Gasteiger partial charge in [-0.15, -0.1) is 0 Å². The van der Waals surface area contributed by atoms with E-state index in [2.05, 4.69) is 0 Å². The van der Waals surface area contributed by atoms with E-state index in [0.717, 1.165) is 0 Å². The maximum Gasteiger partial charge on any atom is 0.338 e. The molecule has 0 aliphatic heterocycles. The monoisotopic (exact) mass is 340 g/mol. The molecule has 0 bridgehead atoms. The summed E-state index contributed by atoms with van der Waals surface area (Å²) in [6, 6.07) is 12.8. The molecule has 0 aromatic heterocycles. The van der Waals surface area contributed by atoms with Crippen LogP contribution in [0.4, 0.5) is 0 Å². The van der Waals surface area contributed by atoms with Crippen molar-refractivity contribution in [3.05, 3.63) is 59.2 Å². The van der Waals surface area contributed by atoms with Gasteiger partial charge in [0.15, 0.2) is 0 Å². The van der Waals surface area contributed by atoms with Crippen LogP contribution >= 0.6 is 0 Å². The highest BCUT2D eigenvalue weighted by Gasteiger charge is 2.23. The fraction of sp³-hybridized carbons (Fsp3) is 0.118. The molecule has 0 fully saturated rings. The third-order valence-electron chi connectivity index (χ3n) is 3.22. The van der Waals surface area contributed by atoms with Crippen LogP contribution in [0.2, 0.25) is 0 Å². The molecule has 0 aliphatic carbocycles. The number of ether oxygens (including phenoxy) is 1. The number of hydrogen-bond acceptors (Lipinski definition) is 6. The zero-order valence-electron chi connectivity index (χ0n) is 12.7. The Kier molecular flexibility index (Phi) is 4.98. The van der Waals surface area contributed by atoms with Crippen molar-refractivity contribution in [2.45, 2.75) is 16.7 Å². The van der Waals surface area contributed by atoms with E-state index < -0.39 is 15.8 Å². The number of nitriles is 2. The van der Waals surface area contributed by atoms with E-state index in [9.17, 15) is 18.5 Å². The van der Waals surface area contributed by atoms with E-state index in [4.69, 9.17) is 10.00 Å². The lowest BCUT2D eigenvalue weighted by atomic mass is 10.1. The van der Waals surface area contributed by atoms with Gasteiger partial charge in [0.05, 0.1) is 33.1 Å². The highest BCUT2D eigenvalue weighted by Crippen LogP contribution is 2.26. The SMILES string of the molecule is CCOC(=O)c1ccc(S(=O)(=O)c2cccc(C#N)c2C#N)cc1. The van der Waals surface area contributed by atoms with Crippen LogP contribution in [-0.2, 0) is 14.6 Å². The molecule has 0 radical (unpaired) electrons. The predicted molar refractivity (Wildman–Crippen MR) is 83.7 cm³/mol. The second-order valence-corrected chi connectivity index (χ2v) is 6.57. The van der Waals surface area contributed by atoms with Crippen LogP contribution < -0.4 is 0 Å². The summed E-state index contributed by atoms with van der Waals surface area (Å²) in [5, 5.41) is 18.2. The first-order valence-electron chi connectivity index (χ1n) is 6.91. The van der Waals surface area contributed by atoms with Crippen LogP contribution in [0.25, 0.3) is 0 Å². The van der Waals surface area contributed by atoms with Gasteiger partial charge in [0, 0.05) is 0 Å². The topological polar surface area (TPSA) is 108 Å². The second kappa shape index (κ2) is 6.95. The van der Waals surface area contributed by atoms with E-state index >= 15 is 0 Å². The van der Waals surface area contributed by atoms with Gasteiger partial charge in [0.2, 0.25) is 9.84 Å². The van der Waals surface area contributed by atoms with Crippen molar-refractivity contribution in [3.63, 3.8) is 0 Å². The minimum atomic E-state index is -3.99. The standard InChI is InChI=1S/C17H12N2O4S/c1-2-23-17(20)12-6-8-14(9-7-12)24(21,22)16-5-3-4-13(10-18)15(16)11-19/h3-9H,2H2,1H3. The Hall–Kier alpha value is -3.16. The summed E-state index contributed by atoms with van der Waals surface area (Å²) in [6.45, 7) is 1.88. The van der Waals surface area contributed by atoms with Crippen LogP contribution in [0.3, 0.4) is 0 Å². The van der Waals surface area contributed by atoms with Crippen molar-refractivity contribution in [1.29, 1.82) is 10.5 Å². The molecule has 0 N–H and O–H groups in total. The Bertz CT molecular complexity index is 965. The van der Waals surface area contributed by atoms with Crippen LogP contribution in [-0.4, -0.2) is 21.0 Å². The van der Waals surface area contributed by atoms with E-state index in [-0.39, 0.29) is 33.1 Å². The molecule has 7 heteroatoms. The molecular weight excluding hydrogens is 328 g/mol. The zero-order valence-corrected chi connectivity index (χ0v) is 13.5. The minimum absolute atomic E-state index is 0.0123. The molecule has 24 heavy (non-hydrogen) atoms. The lowest BCUT2D eigenvalue weighted by Gasteiger charge is -2.08. The Morgan fingerprint density at radius 2 is 1.75 bits per heavy atom. The predicted octanol–water partition coefficient (Wildman–Crippen LogP) is 2.44. The molecule has 0 saturated heterocycles. The van der Waals surface area contributed by atoms with E-state index in [1.54, 1.807) is 19.1 Å². The largest absolute Gasteiger partial charge is 0.462 e. The molecule has 2 rings (SSSR count). The van der Waals surface area contributed by atoms with Crippen molar-refractivity contribution in [3.8, 4) is 12.1 Å². The third-order valence-corrected chi connectivity index (χ3v) is 5.04. The number of hydrogen-bond donors (Lipinski definition) is 0. The Morgan fingerprint density at radius 3 is 2.29 bits per heavy atom. The van der Waals surface area contributed by atoms with Crippen molar-refractivity contribution in [2.24, 2.45) is 0 Å². The van der Waals surface area contributed by atoms with Gasteiger partial charge in [-0.1, -0.05) is 6.07 Å². The number of esters is 1. The van der Waals surface area contributed by atoms with Gasteiger partial charge in [-0.2, -0.15) is 10.5 Å². The van der Waals surface area contributed by atoms with Gasteiger partial charge in [-0.05, 0) is 43.3 Å². The van der Waals surface area contributed by atoms with Gasteiger partial charge in [0.25, 0.3) is 0 Å². The molecular formula is C17H12N2O4S. The smallest absolute Gasteiger partial charge is 0.338 e. The van der Waals surface area contributed by atoms with Crippen molar-refractivity contribution in [2.75, 3.05) is 6.61 Å². The molecule has 2 aromatic rings. The van der Waals surface area contributed by atoms with E-state index in [1.165, 1.54) is 42.5 Å². The summed E-state index contributed by atoms with van der Waals surface area (Å²) in [6.07, 6.45) is 0. The maximum absolute atomic E-state index is 12.7. The summed E-state index contributed by atoms with van der Waals surface area (Å²) in [5.74, 6) is -0.550. The second-order valence-electron chi connectivity index (χ2n) is 4.65. The molecule has 0 saturated carbocycles. The maximum atomic E-state index is 12.7. The first-order valence-corrected chi connectivity index (χ1v) is 8.39. The summed E-state index contributed by atoms with van der Waals surface area (Å²) in [5.41, 5.74) is 0.0123. The van der Waals surface area contributed by atoms with Crippen LogP contribution in [0, 0.1) is 22.7 Å². The van der Waals surface area contributed by atoms with Gasteiger partial charge < -0.3 is 4.74 Å². The Labute approximate surface area is 139 Å². The minimum Gasteiger partial charge on any atom is -0.462 e. The number of nitrogens with zero attached hydrogens (tertiary/aromatic N) is 2. The van der Waals surface area contributed by atoms with Crippen molar-refractivity contribution in [1.82, 2.24) is 0 Å². The number of sulfone groups is 1.